The number of carbonyl (C=O) groups excluding carboxylic acids is 2. The van der Waals surface area contributed by atoms with Gasteiger partial charge < -0.3 is 10.3 Å². The van der Waals surface area contributed by atoms with Gasteiger partial charge in [-0.25, -0.2) is 4.39 Å². The Morgan fingerprint density at radius 3 is 2.46 bits per heavy atom. The molecule has 26 heavy (non-hydrogen) atoms. The SMILES string of the molecule is Cc1cc(C(=O)CN2CCC(C(N)=O)CC2)c(C)n1-c1ccccc1F. The van der Waals surface area contributed by atoms with Gasteiger partial charge in [0.15, 0.2) is 5.78 Å². The maximum atomic E-state index is 14.2. The van der Waals surface area contributed by atoms with E-state index in [1.807, 2.05) is 19.9 Å². The zero-order valence-corrected chi connectivity index (χ0v) is 15.2. The van der Waals surface area contributed by atoms with E-state index in [1.54, 1.807) is 22.8 Å². The van der Waals surface area contributed by atoms with Crippen molar-refractivity contribution in [3.63, 3.8) is 0 Å². The number of primary amides is 1. The van der Waals surface area contributed by atoms with Crippen LogP contribution in [0.5, 0.6) is 0 Å². The zero-order chi connectivity index (χ0) is 18.8. The van der Waals surface area contributed by atoms with Crippen molar-refractivity contribution in [1.82, 2.24) is 9.47 Å². The van der Waals surface area contributed by atoms with E-state index in [0.717, 1.165) is 11.4 Å². The average molecular weight is 357 g/mol. The van der Waals surface area contributed by atoms with Crippen LogP contribution < -0.4 is 5.73 Å². The van der Waals surface area contributed by atoms with Crippen molar-refractivity contribution < 1.29 is 14.0 Å². The lowest BCUT2D eigenvalue weighted by Gasteiger charge is -2.29. The van der Waals surface area contributed by atoms with E-state index < -0.39 is 0 Å². The lowest BCUT2D eigenvalue weighted by molar-refractivity contribution is -0.123. The Morgan fingerprint density at radius 1 is 1.19 bits per heavy atom. The third kappa shape index (κ3) is 3.55. The summed E-state index contributed by atoms with van der Waals surface area (Å²) in [4.78, 5) is 26.1. The monoisotopic (exact) mass is 357 g/mol. The molecule has 2 aromatic rings. The molecule has 1 aliphatic rings. The highest BCUT2D eigenvalue weighted by molar-refractivity contribution is 5.99. The summed E-state index contributed by atoms with van der Waals surface area (Å²) in [5.74, 6) is -0.656. The number of nitrogens with zero attached hydrogens (tertiary/aromatic N) is 2. The number of carbonyl (C=O) groups is 2. The molecule has 2 N–H and O–H groups in total. The number of nitrogens with two attached hydrogens (primary N) is 1. The molecule has 0 bridgehead atoms. The number of aryl methyl sites for hydroxylation is 1. The Labute approximate surface area is 152 Å². The van der Waals surface area contributed by atoms with Gasteiger partial charge in [0.1, 0.15) is 5.82 Å². The molecule has 0 saturated carbocycles. The Morgan fingerprint density at radius 2 is 1.85 bits per heavy atom. The van der Waals surface area contributed by atoms with Crippen LogP contribution in [0.15, 0.2) is 30.3 Å². The number of Topliss-reactive ketones (excluding diaryl/α,β-unsaturated/α-hetero) is 1. The van der Waals surface area contributed by atoms with Crippen LogP contribution in [0.2, 0.25) is 0 Å². The Balaban J connectivity index is 1.76. The molecule has 0 aliphatic carbocycles. The number of aromatic nitrogens is 1. The van der Waals surface area contributed by atoms with Gasteiger partial charge in [0.2, 0.25) is 5.91 Å². The fraction of sp³-hybridized carbons (Fsp3) is 0.400. The molecule has 138 valence electrons. The number of benzene rings is 1. The fourth-order valence-corrected chi connectivity index (χ4v) is 3.71. The van der Waals surface area contributed by atoms with Crippen molar-refractivity contribution in [3.05, 3.63) is 53.1 Å². The standard InChI is InChI=1S/C20H24FN3O2/c1-13-11-16(14(2)24(13)18-6-4-3-5-17(18)21)19(25)12-23-9-7-15(8-10-23)20(22)26/h3-6,11,15H,7-10,12H2,1-2H3,(H2,22,26). The molecule has 3 rings (SSSR count). The largest absolute Gasteiger partial charge is 0.369 e. The topological polar surface area (TPSA) is 68.3 Å². The molecule has 2 heterocycles. The first-order valence-electron chi connectivity index (χ1n) is 8.87. The summed E-state index contributed by atoms with van der Waals surface area (Å²) >= 11 is 0. The molecule has 1 aromatic carbocycles. The van der Waals surface area contributed by atoms with Gasteiger partial charge in [0, 0.05) is 22.9 Å². The molecular weight excluding hydrogens is 333 g/mol. The second-order valence-electron chi connectivity index (χ2n) is 6.95. The first kappa shape index (κ1) is 18.3. The molecule has 0 spiro atoms. The number of rotatable bonds is 5. The van der Waals surface area contributed by atoms with Gasteiger partial charge in [-0.05, 0) is 58.0 Å². The van der Waals surface area contributed by atoms with E-state index in [-0.39, 0.29) is 23.4 Å². The minimum Gasteiger partial charge on any atom is -0.369 e. The second-order valence-corrected chi connectivity index (χ2v) is 6.95. The highest BCUT2D eigenvalue weighted by Gasteiger charge is 2.26. The Hall–Kier alpha value is -2.47. The number of amides is 1. The van der Waals surface area contributed by atoms with E-state index in [0.29, 0.717) is 43.7 Å². The molecule has 1 amide bonds. The van der Waals surface area contributed by atoms with Gasteiger partial charge in [0.25, 0.3) is 0 Å². The molecule has 6 heteroatoms. The molecule has 0 radical (unpaired) electrons. The Kier molecular flexibility index (Phi) is 5.23. The van der Waals surface area contributed by atoms with Crippen LogP contribution in [-0.2, 0) is 4.79 Å². The normalized spacial score (nSPS) is 16.0. The van der Waals surface area contributed by atoms with Gasteiger partial charge in [0.05, 0.1) is 12.2 Å². The lowest BCUT2D eigenvalue weighted by atomic mass is 9.96. The van der Waals surface area contributed by atoms with Gasteiger partial charge in [-0.2, -0.15) is 0 Å². The number of para-hydroxylation sites is 1. The van der Waals surface area contributed by atoms with E-state index in [9.17, 15) is 14.0 Å². The first-order valence-corrected chi connectivity index (χ1v) is 8.87. The second kappa shape index (κ2) is 7.41. The van der Waals surface area contributed by atoms with Crippen molar-refractivity contribution in [1.29, 1.82) is 0 Å². The van der Waals surface area contributed by atoms with Crippen LogP contribution in [0.1, 0.15) is 34.6 Å². The quantitative estimate of drug-likeness (QED) is 0.837. The highest BCUT2D eigenvalue weighted by atomic mass is 19.1. The zero-order valence-electron chi connectivity index (χ0n) is 15.2. The van der Waals surface area contributed by atoms with Gasteiger partial charge in [-0.1, -0.05) is 12.1 Å². The predicted octanol–water partition coefficient (Wildman–Crippen LogP) is 2.61. The number of halogens is 1. The van der Waals surface area contributed by atoms with Crippen molar-refractivity contribution in [2.75, 3.05) is 19.6 Å². The van der Waals surface area contributed by atoms with E-state index in [4.69, 9.17) is 5.73 Å². The number of ketones is 1. The third-order valence-electron chi connectivity index (χ3n) is 5.18. The van der Waals surface area contributed by atoms with Crippen LogP contribution in [0.3, 0.4) is 0 Å². The summed E-state index contributed by atoms with van der Waals surface area (Å²) in [6.45, 7) is 5.38. The van der Waals surface area contributed by atoms with Crippen LogP contribution in [0.25, 0.3) is 5.69 Å². The van der Waals surface area contributed by atoms with Crippen molar-refractivity contribution >= 4 is 11.7 Å². The minimum absolute atomic E-state index is 0.0122. The smallest absolute Gasteiger partial charge is 0.220 e. The van der Waals surface area contributed by atoms with Crippen molar-refractivity contribution in [2.45, 2.75) is 26.7 Å². The average Bonchev–Trinajstić information content (AvgIpc) is 2.90. The van der Waals surface area contributed by atoms with E-state index in [2.05, 4.69) is 4.90 Å². The van der Waals surface area contributed by atoms with Crippen molar-refractivity contribution in [3.8, 4) is 5.69 Å². The van der Waals surface area contributed by atoms with Crippen LogP contribution in [0, 0.1) is 25.6 Å². The lowest BCUT2D eigenvalue weighted by Crippen LogP contribution is -2.40. The number of hydrogen-bond donors (Lipinski definition) is 1. The minimum atomic E-state index is -0.318. The molecule has 0 unspecified atom stereocenters. The number of hydrogen-bond acceptors (Lipinski definition) is 3. The number of piperidine rings is 1. The maximum absolute atomic E-state index is 14.2. The van der Waals surface area contributed by atoms with Gasteiger partial charge in [-0.3, -0.25) is 14.5 Å². The summed E-state index contributed by atoms with van der Waals surface area (Å²) in [6, 6.07) is 8.37. The summed E-state index contributed by atoms with van der Waals surface area (Å²) in [6.07, 6.45) is 1.38. The first-order chi connectivity index (χ1) is 12.4. The maximum Gasteiger partial charge on any atom is 0.220 e. The van der Waals surface area contributed by atoms with E-state index >= 15 is 0 Å². The molecule has 1 aliphatic heterocycles. The third-order valence-corrected chi connectivity index (χ3v) is 5.18. The van der Waals surface area contributed by atoms with Gasteiger partial charge in [-0.15, -0.1) is 0 Å². The van der Waals surface area contributed by atoms with Crippen LogP contribution in [-0.4, -0.2) is 40.8 Å². The molecular formula is C20H24FN3O2. The molecule has 1 fully saturated rings. The molecule has 0 atom stereocenters. The molecule has 5 nitrogen and oxygen atoms in total. The number of likely N-dealkylation sites (tertiary alicyclic amines) is 1. The van der Waals surface area contributed by atoms with Gasteiger partial charge >= 0.3 is 0 Å². The van der Waals surface area contributed by atoms with Crippen molar-refractivity contribution in [2.24, 2.45) is 11.7 Å². The summed E-state index contributed by atoms with van der Waals surface area (Å²) in [7, 11) is 0. The predicted molar refractivity (Wildman–Crippen MR) is 97.9 cm³/mol. The highest BCUT2D eigenvalue weighted by Crippen LogP contribution is 2.24. The van der Waals surface area contributed by atoms with Crippen LogP contribution >= 0.6 is 0 Å². The Bertz CT molecular complexity index is 836. The molecule has 1 saturated heterocycles. The molecule has 1 aromatic heterocycles. The fourth-order valence-electron chi connectivity index (χ4n) is 3.71. The summed E-state index contributed by atoms with van der Waals surface area (Å²) in [5, 5.41) is 0. The van der Waals surface area contributed by atoms with Crippen LogP contribution in [0.4, 0.5) is 4.39 Å². The summed E-state index contributed by atoms with van der Waals surface area (Å²) in [5.41, 5.74) is 7.98. The van der Waals surface area contributed by atoms with E-state index in [1.165, 1.54) is 6.07 Å². The summed E-state index contributed by atoms with van der Waals surface area (Å²) < 4.78 is 15.9.